The maximum atomic E-state index is 12.8. The Labute approximate surface area is 152 Å². The number of ketones is 1. The lowest BCUT2D eigenvalue weighted by Crippen LogP contribution is -2.16. The Bertz CT molecular complexity index is 735. The highest BCUT2D eigenvalue weighted by Crippen LogP contribution is 2.27. The fraction of sp³-hybridized carbons (Fsp3) is 0.190. The number of thioether (sulfide) groups is 1. The highest BCUT2D eigenvalue weighted by atomic mass is 32.2. The van der Waals surface area contributed by atoms with Gasteiger partial charge in [-0.2, -0.15) is 11.8 Å². The van der Waals surface area contributed by atoms with Crippen LogP contribution in [0.2, 0.25) is 0 Å². The smallest absolute Gasteiger partial charge is 0.186 e. The predicted octanol–water partition coefficient (Wildman–Crippen LogP) is 4.49. The van der Waals surface area contributed by atoms with Crippen molar-refractivity contribution < 1.29 is 14.3 Å². The maximum Gasteiger partial charge on any atom is 0.186 e. The quantitative estimate of drug-likeness (QED) is 0.760. The van der Waals surface area contributed by atoms with Crippen LogP contribution in [0.4, 0.5) is 0 Å². The molecule has 0 unspecified atom stereocenters. The minimum absolute atomic E-state index is 0.130. The molecule has 0 radical (unpaired) electrons. The van der Waals surface area contributed by atoms with E-state index in [9.17, 15) is 4.79 Å². The van der Waals surface area contributed by atoms with Crippen LogP contribution in [0.3, 0.4) is 0 Å². The number of Topliss-reactive ketones (excluding diaryl/α,β-unsaturated/α-hetero) is 1. The van der Waals surface area contributed by atoms with Gasteiger partial charge in [0.1, 0.15) is 11.5 Å². The van der Waals surface area contributed by atoms with E-state index in [-0.39, 0.29) is 5.78 Å². The molecule has 2 aromatic rings. The SMILES string of the molecule is COc1ccc(/C=C2\CSC/C(=C\c3ccc(OC)cc3)C2=O)cc1. The van der Waals surface area contributed by atoms with Gasteiger partial charge in [0.2, 0.25) is 0 Å². The number of carbonyl (C=O) groups excluding carboxylic acids is 1. The van der Waals surface area contributed by atoms with Crippen molar-refractivity contribution in [3.8, 4) is 11.5 Å². The Kier molecular flexibility index (Phi) is 5.61. The Morgan fingerprint density at radius 2 is 1.16 bits per heavy atom. The third-order valence-corrected chi connectivity index (χ3v) is 5.04. The molecule has 0 spiro atoms. The van der Waals surface area contributed by atoms with E-state index >= 15 is 0 Å². The molecule has 2 aromatic carbocycles. The van der Waals surface area contributed by atoms with Crippen LogP contribution in [0.5, 0.6) is 11.5 Å². The molecule has 0 atom stereocenters. The molecule has 1 heterocycles. The van der Waals surface area contributed by atoms with Crippen molar-refractivity contribution in [2.24, 2.45) is 0 Å². The molecule has 0 bridgehead atoms. The van der Waals surface area contributed by atoms with Crippen molar-refractivity contribution >= 4 is 29.7 Å². The third kappa shape index (κ3) is 4.34. The number of ether oxygens (including phenoxy) is 2. The molecule has 128 valence electrons. The molecule has 1 aliphatic rings. The molecule has 0 saturated carbocycles. The zero-order valence-electron chi connectivity index (χ0n) is 14.3. The molecule has 1 aliphatic heterocycles. The first kappa shape index (κ1) is 17.4. The van der Waals surface area contributed by atoms with Crippen LogP contribution in [0.25, 0.3) is 12.2 Å². The minimum atomic E-state index is 0.130. The number of carbonyl (C=O) groups is 1. The second kappa shape index (κ2) is 8.08. The van der Waals surface area contributed by atoms with E-state index in [0.29, 0.717) is 0 Å². The van der Waals surface area contributed by atoms with Crippen LogP contribution >= 0.6 is 11.8 Å². The molecule has 4 heteroatoms. The first-order chi connectivity index (χ1) is 12.2. The number of methoxy groups -OCH3 is 2. The largest absolute Gasteiger partial charge is 0.497 e. The van der Waals surface area contributed by atoms with Crippen molar-refractivity contribution in [3.05, 3.63) is 70.8 Å². The number of rotatable bonds is 4. The second-order valence-electron chi connectivity index (χ2n) is 5.71. The van der Waals surface area contributed by atoms with E-state index < -0.39 is 0 Å². The van der Waals surface area contributed by atoms with Crippen LogP contribution < -0.4 is 9.47 Å². The summed E-state index contributed by atoms with van der Waals surface area (Å²) in [4.78, 5) is 12.8. The van der Waals surface area contributed by atoms with Gasteiger partial charge in [-0.1, -0.05) is 24.3 Å². The summed E-state index contributed by atoms with van der Waals surface area (Å²) in [5.41, 5.74) is 3.69. The summed E-state index contributed by atoms with van der Waals surface area (Å²) < 4.78 is 10.3. The van der Waals surface area contributed by atoms with E-state index in [1.807, 2.05) is 60.7 Å². The number of hydrogen-bond acceptors (Lipinski definition) is 4. The molecule has 0 aliphatic carbocycles. The number of hydrogen-bond donors (Lipinski definition) is 0. The van der Waals surface area contributed by atoms with Crippen LogP contribution in [0.15, 0.2) is 59.7 Å². The van der Waals surface area contributed by atoms with Gasteiger partial charge in [0.25, 0.3) is 0 Å². The highest BCUT2D eigenvalue weighted by molar-refractivity contribution is 7.99. The Morgan fingerprint density at radius 3 is 1.52 bits per heavy atom. The van der Waals surface area contributed by atoms with Crippen LogP contribution in [-0.2, 0) is 4.79 Å². The Hall–Kier alpha value is -2.46. The summed E-state index contributed by atoms with van der Waals surface area (Å²) in [7, 11) is 3.29. The second-order valence-corrected chi connectivity index (χ2v) is 6.69. The summed E-state index contributed by atoms with van der Waals surface area (Å²) in [5.74, 6) is 3.24. The molecule has 3 nitrogen and oxygen atoms in total. The van der Waals surface area contributed by atoms with Gasteiger partial charge in [0.15, 0.2) is 5.78 Å². The van der Waals surface area contributed by atoms with Gasteiger partial charge in [-0.25, -0.2) is 0 Å². The average Bonchev–Trinajstić information content (AvgIpc) is 2.66. The topological polar surface area (TPSA) is 35.5 Å². The zero-order valence-corrected chi connectivity index (χ0v) is 15.1. The lowest BCUT2D eigenvalue weighted by molar-refractivity contribution is -0.112. The van der Waals surface area contributed by atoms with E-state index in [1.54, 1.807) is 26.0 Å². The van der Waals surface area contributed by atoms with E-state index in [1.165, 1.54) is 0 Å². The van der Waals surface area contributed by atoms with E-state index in [2.05, 4.69) is 0 Å². The molecule has 1 saturated heterocycles. The van der Waals surface area contributed by atoms with E-state index in [0.717, 1.165) is 45.3 Å². The molecule has 1 fully saturated rings. The summed E-state index contributed by atoms with van der Waals surface area (Å²) in [6, 6.07) is 15.5. The molecule has 0 aromatic heterocycles. The monoisotopic (exact) mass is 352 g/mol. The third-order valence-electron chi connectivity index (χ3n) is 4.01. The summed E-state index contributed by atoms with van der Waals surface area (Å²) in [5, 5.41) is 0. The lowest BCUT2D eigenvalue weighted by Gasteiger charge is -2.16. The standard InChI is InChI=1S/C21H20O3S/c1-23-19-7-3-15(4-8-19)11-17-13-25-14-18(21(17)22)12-16-5-9-20(24-2)10-6-16/h3-12H,13-14H2,1-2H3/b17-11+,18-12+. The van der Waals surface area contributed by atoms with Crippen molar-refractivity contribution in [2.45, 2.75) is 0 Å². The molecular formula is C21H20O3S. The zero-order chi connectivity index (χ0) is 17.6. The van der Waals surface area contributed by atoms with Gasteiger partial charge in [-0.15, -0.1) is 0 Å². The van der Waals surface area contributed by atoms with Gasteiger partial charge in [0, 0.05) is 22.7 Å². The van der Waals surface area contributed by atoms with Crippen molar-refractivity contribution in [2.75, 3.05) is 25.7 Å². The van der Waals surface area contributed by atoms with Crippen molar-refractivity contribution in [1.29, 1.82) is 0 Å². The van der Waals surface area contributed by atoms with Crippen molar-refractivity contribution in [3.63, 3.8) is 0 Å². The first-order valence-electron chi connectivity index (χ1n) is 8.01. The Balaban J connectivity index is 1.81. The summed E-state index contributed by atoms with van der Waals surface area (Å²) >= 11 is 1.76. The van der Waals surface area contributed by atoms with Crippen molar-refractivity contribution in [1.82, 2.24) is 0 Å². The molecule has 0 N–H and O–H groups in total. The van der Waals surface area contributed by atoms with Gasteiger partial charge >= 0.3 is 0 Å². The van der Waals surface area contributed by atoms with Gasteiger partial charge in [-0.05, 0) is 47.5 Å². The molecular weight excluding hydrogens is 332 g/mol. The maximum absolute atomic E-state index is 12.8. The van der Waals surface area contributed by atoms with E-state index in [4.69, 9.17) is 9.47 Å². The summed E-state index contributed by atoms with van der Waals surface area (Å²) in [6.07, 6.45) is 3.94. The fourth-order valence-corrected chi connectivity index (χ4v) is 3.60. The van der Waals surface area contributed by atoms with Gasteiger partial charge in [0.05, 0.1) is 14.2 Å². The molecule has 3 rings (SSSR count). The number of benzene rings is 2. The predicted molar refractivity (Wildman–Crippen MR) is 104 cm³/mol. The van der Waals surface area contributed by atoms with Crippen LogP contribution in [0, 0.1) is 0 Å². The highest BCUT2D eigenvalue weighted by Gasteiger charge is 2.20. The first-order valence-corrected chi connectivity index (χ1v) is 9.17. The molecule has 25 heavy (non-hydrogen) atoms. The average molecular weight is 352 g/mol. The fourth-order valence-electron chi connectivity index (χ4n) is 2.63. The minimum Gasteiger partial charge on any atom is -0.497 e. The molecule has 0 amide bonds. The lowest BCUT2D eigenvalue weighted by atomic mass is 10.0. The normalized spacial score (nSPS) is 17.8. The van der Waals surface area contributed by atoms with Gasteiger partial charge < -0.3 is 9.47 Å². The van der Waals surface area contributed by atoms with Crippen LogP contribution in [0.1, 0.15) is 11.1 Å². The van der Waals surface area contributed by atoms with Gasteiger partial charge in [-0.3, -0.25) is 4.79 Å². The van der Waals surface area contributed by atoms with Crippen LogP contribution in [-0.4, -0.2) is 31.5 Å². The Morgan fingerprint density at radius 1 is 0.760 bits per heavy atom. The summed E-state index contributed by atoms with van der Waals surface area (Å²) in [6.45, 7) is 0.